The second kappa shape index (κ2) is 6.67. The summed E-state index contributed by atoms with van der Waals surface area (Å²) in [5.41, 5.74) is 5.68. The Bertz CT molecular complexity index is 429. The Hall–Kier alpha value is -0.670. The number of rotatable bonds is 4. The van der Waals surface area contributed by atoms with E-state index < -0.39 is 0 Å². The van der Waals surface area contributed by atoms with Gasteiger partial charge in [-0.3, -0.25) is 0 Å². The highest BCUT2D eigenvalue weighted by Gasteiger charge is 2.17. The summed E-state index contributed by atoms with van der Waals surface area (Å²) in [7, 11) is 0. The van der Waals surface area contributed by atoms with Gasteiger partial charge in [0.05, 0.1) is 10.0 Å². The van der Waals surface area contributed by atoms with Crippen LogP contribution in [0.3, 0.4) is 0 Å². The average molecular weight is 302 g/mol. The largest absolute Gasteiger partial charge is 0.382 e. The first-order chi connectivity index (χ1) is 9.06. The predicted octanol–water partition coefficient (Wildman–Crippen LogP) is 4.60. The van der Waals surface area contributed by atoms with Gasteiger partial charge in [-0.15, -0.1) is 0 Å². The van der Waals surface area contributed by atoms with Crippen LogP contribution in [0.4, 0.5) is 11.6 Å². The second-order valence-corrected chi connectivity index (χ2v) is 6.34. The van der Waals surface area contributed by atoms with Crippen molar-refractivity contribution in [3.63, 3.8) is 0 Å². The van der Waals surface area contributed by atoms with Gasteiger partial charge in [-0.25, -0.2) is 4.98 Å². The van der Waals surface area contributed by atoms with Gasteiger partial charge >= 0.3 is 0 Å². The number of pyridine rings is 1. The molecular weight excluding hydrogens is 281 g/mol. The molecule has 0 saturated heterocycles. The van der Waals surface area contributed by atoms with Crippen molar-refractivity contribution in [2.45, 2.75) is 39.0 Å². The summed E-state index contributed by atoms with van der Waals surface area (Å²) in [6.07, 6.45) is 6.56. The number of anilines is 2. The van der Waals surface area contributed by atoms with Gasteiger partial charge in [-0.2, -0.15) is 0 Å². The summed E-state index contributed by atoms with van der Waals surface area (Å²) in [5, 5.41) is 4.18. The maximum absolute atomic E-state index is 6.08. The molecule has 1 aromatic rings. The number of nitrogens with zero attached hydrogens (tertiary/aromatic N) is 1. The fourth-order valence-corrected chi connectivity index (χ4v) is 3.04. The molecule has 0 radical (unpaired) electrons. The van der Waals surface area contributed by atoms with Gasteiger partial charge < -0.3 is 11.1 Å². The average Bonchev–Trinajstić information content (AvgIpc) is 2.38. The zero-order chi connectivity index (χ0) is 13.8. The van der Waals surface area contributed by atoms with Crippen molar-refractivity contribution in [1.82, 2.24) is 4.98 Å². The van der Waals surface area contributed by atoms with Gasteiger partial charge in [0.25, 0.3) is 0 Å². The third kappa shape index (κ3) is 4.15. The van der Waals surface area contributed by atoms with Crippen molar-refractivity contribution in [3.05, 3.63) is 16.1 Å². The molecule has 1 aliphatic rings. The summed E-state index contributed by atoms with van der Waals surface area (Å²) in [4.78, 5) is 4.17. The minimum absolute atomic E-state index is 0.319. The standard InChI is InChI=1S/C14H21Cl2N3/c1-9-2-4-10(5-3-9)6-7-18-14-12(16)8-11(15)13(17)19-14/h8-10H,2-7H2,1H3,(H3,17,18,19). The number of aromatic nitrogens is 1. The van der Waals surface area contributed by atoms with Crippen molar-refractivity contribution in [3.8, 4) is 0 Å². The van der Waals surface area contributed by atoms with Crippen LogP contribution < -0.4 is 11.1 Å². The summed E-state index contributed by atoms with van der Waals surface area (Å²) < 4.78 is 0. The lowest BCUT2D eigenvalue weighted by atomic mass is 9.81. The summed E-state index contributed by atoms with van der Waals surface area (Å²) >= 11 is 11.9. The number of nitrogens with two attached hydrogens (primary N) is 1. The van der Waals surface area contributed by atoms with Crippen LogP contribution in [0.5, 0.6) is 0 Å². The lowest BCUT2D eigenvalue weighted by Crippen LogP contribution is -2.16. The van der Waals surface area contributed by atoms with E-state index in [0.717, 1.165) is 24.8 Å². The number of hydrogen-bond donors (Lipinski definition) is 2. The van der Waals surface area contributed by atoms with Crippen LogP contribution in [0.15, 0.2) is 6.07 Å². The first-order valence-electron chi connectivity index (χ1n) is 6.91. The zero-order valence-electron chi connectivity index (χ0n) is 11.3. The molecule has 1 aliphatic carbocycles. The minimum Gasteiger partial charge on any atom is -0.382 e. The zero-order valence-corrected chi connectivity index (χ0v) is 12.8. The third-order valence-electron chi connectivity index (χ3n) is 3.94. The molecule has 0 aromatic carbocycles. The van der Waals surface area contributed by atoms with E-state index in [9.17, 15) is 0 Å². The van der Waals surface area contributed by atoms with Crippen LogP contribution in [0.1, 0.15) is 39.0 Å². The molecule has 1 aromatic heterocycles. The Morgan fingerprint density at radius 2 is 1.95 bits per heavy atom. The minimum atomic E-state index is 0.319. The van der Waals surface area contributed by atoms with Gasteiger partial charge in [0.2, 0.25) is 0 Å². The molecule has 1 heterocycles. The molecule has 0 unspecified atom stereocenters. The Balaban J connectivity index is 1.81. The third-order valence-corrected chi connectivity index (χ3v) is 4.53. The molecule has 0 spiro atoms. The van der Waals surface area contributed by atoms with Crippen LogP contribution >= 0.6 is 23.2 Å². The van der Waals surface area contributed by atoms with Crippen molar-refractivity contribution < 1.29 is 0 Å². The molecule has 0 bridgehead atoms. The van der Waals surface area contributed by atoms with E-state index in [1.165, 1.54) is 25.7 Å². The van der Waals surface area contributed by atoms with E-state index in [1.54, 1.807) is 6.07 Å². The van der Waals surface area contributed by atoms with Crippen LogP contribution in [-0.4, -0.2) is 11.5 Å². The summed E-state index contributed by atoms with van der Waals surface area (Å²) in [5.74, 6) is 2.68. The van der Waals surface area contributed by atoms with Crippen molar-refractivity contribution in [2.75, 3.05) is 17.6 Å². The molecule has 0 atom stereocenters. The van der Waals surface area contributed by atoms with E-state index in [0.29, 0.717) is 21.7 Å². The highest BCUT2D eigenvalue weighted by Crippen LogP contribution is 2.31. The fraction of sp³-hybridized carbons (Fsp3) is 0.643. The summed E-state index contributed by atoms with van der Waals surface area (Å²) in [6.45, 7) is 3.22. The molecule has 3 N–H and O–H groups in total. The molecule has 0 amide bonds. The number of nitrogen functional groups attached to an aromatic ring is 1. The quantitative estimate of drug-likeness (QED) is 0.854. The second-order valence-electron chi connectivity index (χ2n) is 5.53. The number of nitrogens with one attached hydrogen (secondary N) is 1. The van der Waals surface area contributed by atoms with Gasteiger partial charge in [0.1, 0.15) is 11.6 Å². The Morgan fingerprint density at radius 3 is 2.63 bits per heavy atom. The lowest BCUT2D eigenvalue weighted by molar-refractivity contribution is 0.282. The predicted molar refractivity (Wildman–Crippen MR) is 82.9 cm³/mol. The molecule has 3 nitrogen and oxygen atoms in total. The molecule has 0 aliphatic heterocycles. The van der Waals surface area contributed by atoms with E-state index in [1.807, 2.05) is 0 Å². The highest BCUT2D eigenvalue weighted by molar-refractivity contribution is 6.37. The summed E-state index contributed by atoms with van der Waals surface area (Å²) in [6, 6.07) is 1.63. The first kappa shape index (κ1) is 14.7. The Morgan fingerprint density at radius 1 is 1.26 bits per heavy atom. The maximum Gasteiger partial charge on any atom is 0.147 e. The molecule has 5 heteroatoms. The molecule has 19 heavy (non-hydrogen) atoms. The Kier molecular flexibility index (Phi) is 5.17. The first-order valence-corrected chi connectivity index (χ1v) is 7.67. The highest BCUT2D eigenvalue weighted by atomic mass is 35.5. The molecule has 1 saturated carbocycles. The van der Waals surface area contributed by atoms with E-state index in [2.05, 4.69) is 17.2 Å². The van der Waals surface area contributed by atoms with Crippen molar-refractivity contribution >= 4 is 34.8 Å². The van der Waals surface area contributed by atoms with Gasteiger partial charge in [0.15, 0.2) is 0 Å². The van der Waals surface area contributed by atoms with Crippen LogP contribution in [0.2, 0.25) is 10.0 Å². The number of hydrogen-bond acceptors (Lipinski definition) is 3. The van der Waals surface area contributed by atoms with Gasteiger partial charge in [0, 0.05) is 6.54 Å². The SMILES string of the molecule is CC1CCC(CCNc2nc(N)c(Cl)cc2Cl)CC1. The van der Waals surface area contributed by atoms with Crippen molar-refractivity contribution in [2.24, 2.45) is 11.8 Å². The molecule has 2 rings (SSSR count). The molecule has 1 fully saturated rings. The van der Waals surface area contributed by atoms with Crippen LogP contribution in [0.25, 0.3) is 0 Å². The van der Waals surface area contributed by atoms with Gasteiger partial charge in [-0.05, 0) is 24.3 Å². The van der Waals surface area contributed by atoms with Crippen molar-refractivity contribution in [1.29, 1.82) is 0 Å². The van der Waals surface area contributed by atoms with Gasteiger partial charge in [-0.1, -0.05) is 55.8 Å². The molecular formula is C14H21Cl2N3. The smallest absolute Gasteiger partial charge is 0.147 e. The van der Waals surface area contributed by atoms with Crippen LogP contribution in [-0.2, 0) is 0 Å². The van der Waals surface area contributed by atoms with E-state index in [-0.39, 0.29) is 0 Å². The Labute approximate surface area is 124 Å². The lowest BCUT2D eigenvalue weighted by Gasteiger charge is -2.26. The number of halogens is 2. The van der Waals surface area contributed by atoms with E-state index >= 15 is 0 Å². The van der Waals surface area contributed by atoms with E-state index in [4.69, 9.17) is 28.9 Å². The normalized spacial score (nSPS) is 23.3. The monoisotopic (exact) mass is 301 g/mol. The maximum atomic E-state index is 6.08. The van der Waals surface area contributed by atoms with Crippen LogP contribution in [0, 0.1) is 11.8 Å². The molecule has 106 valence electrons. The topological polar surface area (TPSA) is 50.9 Å². The fourth-order valence-electron chi connectivity index (χ4n) is 2.62.